The number of hydrogen-bond acceptors (Lipinski definition) is 5. The Morgan fingerprint density at radius 3 is 2.12 bits per heavy atom. The van der Waals surface area contributed by atoms with Gasteiger partial charge in [-0.15, -0.1) is 0 Å². The SMILES string of the molecule is COc1ccc(C(=O)[C@@H](Cc2ccccc2)CN(C)C)c(OC)c1OC. The van der Waals surface area contributed by atoms with E-state index in [1.807, 2.05) is 49.3 Å². The van der Waals surface area contributed by atoms with Crippen LogP contribution in [0.25, 0.3) is 0 Å². The second kappa shape index (κ2) is 9.25. The molecule has 0 aromatic heterocycles. The van der Waals surface area contributed by atoms with E-state index < -0.39 is 0 Å². The molecular weight excluding hydrogens is 330 g/mol. The van der Waals surface area contributed by atoms with Crippen LogP contribution in [0.5, 0.6) is 17.2 Å². The third-order valence-corrected chi connectivity index (χ3v) is 4.25. The molecule has 0 saturated heterocycles. The third-order valence-electron chi connectivity index (χ3n) is 4.25. The summed E-state index contributed by atoms with van der Waals surface area (Å²) in [7, 11) is 8.57. The molecule has 5 nitrogen and oxygen atoms in total. The Labute approximate surface area is 155 Å². The molecule has 0 aliphatic carbocycles. The van der Waals surface area contributed by atoms with Gasteiger partial charge in [-0.1, -0.05) is 30.3 Å². The lowest BCUT2D eigenvalue weighted by atomic mass is 9.90. The van der Waals surface area contributed by atoms with Gasteiger partial charge in [0.25, 0.3) is 0 Å². The molecule has 140 valence electrons. The van der Waals surface area contributed by atoms with E-state index >= 15 is 0 Å². The quantitative estimate of drug-likeness (QED) is 0.645. The number of rotatable bonds is 9. The van der Waals surface area contributed by atoms with Gasteiger partial charge in [-0.2, -0.15) is 0 Å². The number of methoxy groups -OCH3 is 3. The van der Waals surface area contributed by atoms with Crippen molar-refractivity contribution in [1.29, 1.82) is 0 Å². The van der Waals surface area contributed by atoms with Crippen molar-refractivity contribution in [3.63, 3.8) is 0 Å². The topological polar surface area (TPSA) is 48.0 Å². The molecule has 1 atom stereocenters. The molecule has 0 bridgehead atoms. The Hall–Kier alpha value is -2.53. The van der Waals surface area contributed by atoms with E-state index in [0.717, 1.165) is 5.56 Å². The van der Waals surface area contributed by atoms with Gasteiger partial charge in [-0.05, 0) is 38.2 Å². The third kappa shape index (κ3) is 4.55. The first-order valence-electron chi connectivity index (χ1n) is 8.53. The minimum Gasteiger partial charge on any atom is -0.493 e. The first kappa shape index (κ1) is 19.8. The fourth-order valence-electron chi connectivity index (χ4n) is 3.09. The summed E-state index contributed by atoms with van der Waals surface area (Å²) < 4.78 is 16.2. The smallest absolute Gasteiger partial charge is 0.204 e. The van der Waals surface area contributed by atoms with Crippen LogP contribution in [0.2, 0.25) is 0 Å². The molecule has 0 unspecified atom stereocenters. The first-order chi connectivity index (χ1) is 12.5. The second-order valence-corrected chi connectivity index (χ2v) is 6.40. The minimum absolute atomic E-state index is 0.0281. The van der Waals surface area contributed by atoms with E-state index in [-0.39, 0.29) is 11.7 Å². The van der Waals surface area contributed by atoms with Crippen LogP contribution in [0, 0.1) is 5.92 Å². The summed E-state index contributed by atoms with van der Waals surface area (Å²) in [5.41, 5.74) is 1.64. The molecule has 0 fully saturated rings. The Balaban J connectivity index is 2.41. The largest absolute Gasteiger partial charge is 0.493 e. The lowest BCUT2D eigenvalue weighted by Crippen LogP contribution is -2.30. The number of nitrogens with zero attached hydrogens (tertiary/aromatic N) is 1. The molecule has 5 heteroatoms. The van der Waals surface area contributed by atoms with Gasteiger partial charge in [0.15, 0.2) is 17.3 Å². The summed E-state index contributed by atoms with van der Waals surface area (Å²) in [6.45, 7) is 0.644. The summed E-state index contributed by atoms with van der Waals surface area (Å²) in [6.07, 6.45) is 0.662. The zero-order valence-electron chi connectivity index (χ0n) is 16.1. The standard InChI is InChI=1S/C21H27NO4/c1-22(2)14-16(13-15-9-7-6-8-10-15)19(23)17-11-12-18(24-3)21(26-5)20(17)25-4/h6-12,16H,13-14H2,1-5H3/t16-/m0/s1. The Kier molecular flexibility index (Phi) is 7.04. The highest BCUT2D eigenvalue weighted by molar-refractivity contribution is 6.01. The first-order valence-corrected chi connectivity index (χ1v) is 8.53. The van der Waals surface area contributed by atoms with E-state index in [2.05, 4.69) is 0 Å². The van der Waals surface area contributed by atoms with E-state index in [1.54, 1.807) is 19.2 Å². The predicted molar refractivity (Wildman–Crippen MR) is 103 cm³/mol. The van der Waals surface area contributed by atoms with Crippen molar-refractivity contribution >= 4 is 5.78 Å². The number of carbonyl (C=O) groups excluding carboxylic acids is 1. The van der Waals surface area contributed by atoms with Crippen LogP contribution >= 0.6 is 0 Å². The highest BCUT2D eigenvalue weighted by Crippen LogP contribution is 2.40. The number of Topliss-reactive ketones (excluding diaryl/α,β-unsaturated/α-hetero) is 1. The van der Waals surface area contributed by atoms with Gasteiger partial charge < -0.3 is 19.1 Å². The van der Waals surface area contributed by atoms with Crippen molar-refractivity contribution in [2.75, 3.05) is 42.0 Å². The fraction of sp³-hybridized carbons (Fsp3) is 0.381. The molecule has 0 radical (unpaired) electrons. The van der Waals surface area contributed by atoms with Crippen molar-refractivity contribution in [2.24, 2.45) is 5.92 Å². The summed E-state index contributed by atoms with van der Waals surface area (Å²) in [4.78, 5) is 15.4. The Morgan fingerprint density at radius 1 is 0.923 bits per heavy atom. The predicted octanol–water partition coefficient (Wildman–Crippen LogP) is 3.32. The van der Waals surface area contributed by atoms with Gasteiger partial charge in [-0.25, -0.2) is 0 Å². The van der Waals surface area contributed by atoms with E-state index in [4.69, 9.17) is 14.2 Å². The molecule has 0 aliphatic rings. The van der Waals surface area contributed by atoms with Crippen molar-refractivity contribution in [3.05, 3.63) is 53.6 Å². The highest BCUT2D eigenvalue weighted by atomic mass is 16.5. The lowest BCUT2D eigenvalue weighted by molar-refractivity contribution is 0.0892. The van der Waals surface area contributed by atoms with Gasteiger partial charge >= 0.3 is 0 Å². The van der Waals surface area contributed by atoms with Gasteiger partial charge in [-0.3, -0.25) is 4.79 Å². The van der Waals surface area contributed by atoms with Crippen molar-refractivity contribution in [3.8, 4) is 17.2 Å². The molecule has 0 N–H and O–H groups in total. The summed E-state index contributed by atoms with van der Waals surface area (Å²) >= 11 is 0. The number of benzene rings is 2. The number of hydrogen-bond donors (Lipinski definition) is 0. The molecule has 2 aromatic carbocycles. The van der Waals surface area contributed by atoms with Gasteiger partial charge in [0.05, 0.1) is 26.9 Å². The molecule has 2 rings (SSSR count). The number of ketones is 1. The molecular formula is C21H27NO4. The Morgan fingerprint density at radius 2 is 1.58 bits per heavy atom. The van der Waals surface area contributed by atoms with Crippen LogP contribution in [-0.4, -0.2) is 52.7 Å². The number of carbonyl (C=O) groups is 1. The van der Waals surface area contributed by atoms with Crippen LogP contribution < -0.4 is 14.2 Å². The molecule has 0 spiro atoms. The highest BCUT2D eigenvalue weighted by Gasteiger charge is 2.27. The average molecular weight is 357 g/mol. The van der Waals surface area contributed by atoms with Crippen LogP contribution in [-0.2, 0) is 6.42 Å². The van der Waals surface area contributed by atoms with Crippen molar-refractivity contribution < 1.29 is 19.0 Å². The summed E-state index contributed by atoms with van der Waals surface area (Å²) in [6, 6.07) is 13.5. The number of ether oxygens (including phenoxy) is 3. The normalized spacial score (nSPS) is 11.9. The van der Waals surface area contributed by atoms with Crippen LogP contribution in [0.15, 0.2) is 42.5 Å². The zero-order valence-corrected chi connectivity index (χ0v) is 16.1. The molecule has 0 saturated carbocycles. The Bertz CT molecular complexity index is 728. The van der Waals surface area contributed by atoms with Crippen LogP contribution in [0.3, 0.4) is 0 Å². The maximum absolute atomic E-state index is 13.3. The van der Waals surface area contributed by atoms with E-state index in [9.17, 15) is 4.79 Å². The molecule has 2 aromatic rings. The van der Waals surface area contributed by atoms with Crippen molar-refractivity contribution in [2.45, 2.75) is 6.42 Å². The molecule has 0 aliphatic heterocycles. The molecule has 0 amide bonds. The zero-order chi connectivity index (χ0) is 19.1. The van der Waals surface area contributed by atoms with Crippen molar-refractivity contribution in [1.82, 2.24) is 4.90 Å². The maximum Gasteiger partial charge on any atom is 0.204 e. The van der Waals surface area contributed by atoms with Crippen LogP contribution in [0.4, 0.5) is 0 Å². The van der Waals surface area contributed by atoms with Gasteiger partial charge in [0, 0.05) is 12.5 Å². The molecule has 0 heterocycles. The second-order valence-electron chi connectivity index (χ2n) is 6.40. The minimum atomic E-state index is -0.195. The summed E-state index contributed by atoms with van der Waals surface area (Å²) in [5.74, 6) is 1.21. The maximum atomic E-state index is 13.3. The molecule has 26 heavy (non-hydrogen) atoms. The average Bonchev–Trinajstić information content (AvgIpc) is 2.65. The fourth-order valence-corrected chi connectivity index (χ4v) is 3.09. The summed E-state index contributed by atoms with van der Waals surface area (Å²) in [5, 5.41) is 0. The lowest BCUT2D eigenvalue weighted by Gasteiger charge is -2.22. The monoisotopic (exact) mass is 357 g/mol. The van der Waals surface area contributed by atoms with Gasteiger partial charge in [0.2, 0.25) is 5.75 Å². The van der Waals surface area contributed by atoms with E-state index in [1.165, 1.54) is 14.2 Å². The van der Waals surface area contributed by atoms with E-state index in [0.29, 0.717) is 35.8 Å². The van der Waals surface area contributed by atoms with Crippen LogP contribution in [0.1, 0.15) is 15.9 Å². The van der Waals surface area contributed by atoms with Gasteiger partial charge in [0.1, 0.15) is 0 Å².